The van der Waals surface area contributed by atoms with Crippen molar-refractivity contribution < 1.29 is 14.3 Å². The van der Waals surface area contributed by atoms with Gasteiger partial charge < -0.3 is 24.6 Å². The number of aromatic nitrogens is 2. The summed E-state index contributed by atoms with van der Waals surface area (Å²) in [5.41, 5.74) is 1.55. The van der Waals surface area contributed by atoms with Crippen LogP contribution in [0.2, 0.25) is 0 Å². The largest absolute Gasteiger partial charge is 0.496 e. The lowest BCUT2D eigenvalue weighted by Gasteiger charge is -2.36. The number of rotatable bonds is 6. The van der Waals surface area contributed by atoms with E-state index in [-0.39, 0.29) is 5.91 Å². The van der Waals surface area contributed by atoms with E-state index in [1.54, 1.807) is 24.3 Å². The van der Waals surface area contributed by atoms with Crippen LogP contribution in [0.4, 0.5) is 17.3 Å². The molecule has 0 radical (unpaired) electrons. The van der Waals surface area contributed by atoms with Crippen LogP contribution in [0.3, 0.4) is 0 Å². The molecule has 2 aromatic carbocycles. The molecule has 8 heteroatoms. The van der Waals surface area contributed by atoms with Gasteiger partial charge >= 0.3 is 0 Å². The quantitative estimate of drug-likeness (QED) is 0.658. The van der Waals surface area contributed by atoms with Crippen LogP contribution in [0.15, 0.2) is 60.9 Å². The Morgan fingerprint density at radius 1 is 0.871 bits per heavy atom. The predicted octanol–water partition coefficient (Wildman–Crippen LogP) is 3.07. The molecule has 0 aliphatic carbocycles. The van der Waals surface area contributed by atoms with Gasteiger partial charge in [0.2, 0.25) is 0 Å². The number of anilines is 3. The molecule has 0 spiro atoms. The number of para-hydroxylation sites is 1. The third-order valence-corrected chi connectivity index (χ3v) is 5.27. The molecule has 31 heavy (non-hydrogen) atoms. The molecule has 1 aromatic heterocycles. The fraction of sp³-hybridized carbons (Fsp3) is 0.261. The highest BCUT2D eigenvalue weighted by Gasteiger charge is 2.21. The third kappa shape index (κ3) is 4.53. The molecule has 1 aliphatic rings. The fourth-order valence-electron chi connectivity index (χ4n) is 3.67. The van der Waals surface area contributed by atoms with E-state index in [0.717, 1.165) is 32.0 Å². The standard InChI is InChI=1S/C23H25N5O3/c1-30-18-9-6-10-19(31-2)22(18)23(29)26-20-15-21(25-16-24-20)28-13-11-27(12-14-28)17-7-4-3-5-8-17/h3-10,15-16H,11-14H2,1-2H3,(H,24,25,26,29). The van der Waals surface area contributed by atoms with Crippen LogP contribution < -0.4 is 24.6 Å². The Bertz CT molecular complexity index is 1010. The molecule has 0 saturated carbocycles. The Labute approximate surface area is 181 Å². The number of amides is 1. The zero-order valence-electron chi connectivity index (χ0n) is 17.6. The molecular weight excluding hydrogens is 394 g/mol. The molecule has 0 atom stereocenters. The van der Waals surface area contributed by atoms with E-state index in [1.807, 2.05) is 6.07 Å². The van der Waals surface area contributed by atoms with Gasteiger partial charge in [-0.05, 0) is 24.3 Å². The Morgan fingerprint density at radius 2 is 1.52 bits per heavy atom. The summed E-state index contributed by atoms with van der Waals surface area (Å²) < 4.78 is 10.7. The minimum Gasteiger partial charge on any atom is -0.496 e. The van der Waals surface area contributed by atoms with Crippen molar-refractivity contribution in [1.82, 2.24) is 9.97 Å². The first kappa shape index (κ1) is 20.5. The maximum absolute atomic E-state index is 12.9. The lowest BCUT2D eigenvalue weighted by Crippen LogP contribution is -2.46. The van der Waals surface area contributed by atoms with Crippen LogP contribution >= 0.6 is 0 Å². The zero-order chi connectivity index (χ0) is 21.6. The molecule has 3 aromatic rings. The minimum absolute atomic E-state index is 0.323. The van der Waals surface area contributed by atoms with Crippen LogP contribution in [0.1, 0.15) is 10.4 Å². The number of nitrogens with one attached hydrogen (secondary N) is 1. The van der Waals surface area contributed by atoms with E-state index in [9.17, 15) is 4.79 Å². The number of hydrogen-bond acceptors (Lipinski definition) is 7. The number of benzene rings is 2. The number of nitrogens with zero attached hydrogens (tertiary/aromatic N) is 4. The van der Waals surface area contributed by atoms with Gasteiger partial charge in [-0.25, -0.2) is 9.97 Å². The average molecular weight is 419 g/mol. The van der Waals surface area contributed by atoms with Gasteiger partial charge in [0, 0.05) is 37.9 Å². The van der Waals surface area contributed by atoms with Crippen molar-refractivity contribution in [1.29, 1.82) is 0 Å². The first-order chi connectivity index (χ1) is 15.2. The van der Waals surface area contributed by atoms with Crippen LogP contribution in [0.25, 0.3) is 0 Å². The summed E-state index contributed by atoms with van der Waals surface area (Å²) in [7, 11) is 3.03. The lowest BCUT2D eigenvalue weighted by atomic mass is 10.1. The highest BCUT2D eigenvalue weighted by molar-refractivity contribution is 6.07. The molecule has 8 nitrogen and oxygen atoms in total. The summed E-state index contributed by atoms with van der Waals surface area (Å²) in [4.78, 5) is 26.1. The first-order valence-corrected chi connectivity index (χ1v) is 10.1. The smallest absolute Gasteiger partial charge is 0.264 e. The second-order valence-corrected chi connectivity index (χ2v) is 7.06. The summed E-state index contributed by atoms with van der Waals surface area (Å²) >= 11 is 0. The number of carbonyl (C=O) groups is 1. The van der Waals surface area contributed by atoms with Crippen LogP contribution in [-0.2, 0) is 0 Å². The van der Waals surface area contributed by atoms with Crippen LogP contribution in [0.5, 0.6) is 11.5 Å². The second-order valence-electron chi connectivity index (χ2n) is 7.06. The van der Waals surface area contributed by atoms with Crippen molar-refractivity contribution in [3.05, 3.63) is 66.5 Å². The SMILES string of the molecule is COc1cccc(OC)c1C(=O)Nc1cc(N2CCN(c3ccccc3)CC2)ncn1. The summed E-state index contributed by atoms with van der Waals surface area (Å²) in [5, 5.41) is 2.83. The average Bonchev–Trinajstić information content (AvgIpc) is 2.84. The Kier molecular flexibility index (Phi) is 6.16. The molecular formula is C23H25N5O3. The van der Waals surface area contributed by atoms with Crippen LogP contribution in [0, 0.1) is 0 Å². The second kappa shape index (κ2) is 9.34. The minimum atomic E-state index is -0.354. The Morgan fingerprint density at radius 3 is 2.16 bits per heavy atom. The topological polar surface area (TPSA) is 79.8 Å². The molecule has 1 saturated heterocycles. The van der Waals surface area contributed by atoms with E-state index < -0.39 is 0 Å². The summed E-state index contributed by atoms with van der Waals surface area (Å²) in [6.07, 6.45) is 1.47. The molecule has 0 unspecified atom stereocenters. The van der Waals surface area contributed by atoms with Gasteiger partial charge in [0.1, 0.15) is 35.0 Å². The summed E-state index contributed by atoms with van der Waals surface area (Å²) in [6.45, 7) is 3.46. The van der Waals surface area contributed by atoms with Gasteiger partial charge in [0.05, 0.1) is 14.2 Å². The molecule has 2 heterocycles. The Balaban J connectivity index is 1.46. The molecule has 1 N–H and O–H groups in total. The van der Waals surface area contributed by atoms with Crippen molar-refractivity contribution in [2.24, 2.45) is 0 Å². The number of piperazine rings is 1. The molecule has 4 rings (SSSR count). The van der Waals surface area contributed by atoms with E-state index in [0.29, 0.717) is 22.9 Å². The first-order valence-electron chi connectivity index (χ1n) is 10.1. The van der Waals surface area contributed by atoms with E-state index in [4.69, 9.17) is 9.47 Å². The third-order valence-electron chi connectivity index (χ3n) is 5.27. The van der Waals surface area contributed by atoms with Gasteiger partial charge in [-0.1, -0.05) is 24.3 Å². The highest BCUT2D eigenvalue weighted by Crippen LogP contribution is 2.29. The zero-order valence-corrected chi connectivity index (χ0v) is 17.6. The molecule has 1 amide bonds. The van der Waals surface area contributed by atoms with Crippen molar-refractivity contribution in [2.45, 2.75) is 0 Å². The molecule has 1 aliphatic heterocycles. The monoisotopic (exact) mass is 419 g/mol. The summed E-state index contributed by atoms with van der Waals surface area (Å²) in [5.74, 6) is 1.72. The maximum Gasteiger partial charge on any atom is 0.264 e. The van der Waals surface area contributed by atoms with Crippen molar-refractivity contribution in [3.8, 4) is 11.5 Å². The maximum atomic E-state index is 12.9. The highest BCUT2D eigenvalue weighted by atomic mass is 16.5. The van der Waals surface area contributed by atoms with Crippen molar-refractivity contribution in [3.63, 3.8) is 0 Å². The van der Waals surface area contributed by atoms with Gasteiger partial charge in [0.25, 0.3) is 5.91 Å². The number of ether oxygens (including phenoxy) is 2. The van der Waals surface area contributed by atoms with Gasteiger partial charge in [-0.2, -0.15) is 0 Å². The van der Waals surface area contributed by atoms with E-state index >= 15 is 0 Å². The van der Waals surface area contributed by atoms with Crippen molar-refractivity contribution >= 4 is 23.2 Å². The van der Waals surface area contributed by atoms with Gasteiger partial charge in [-0.3, -0.25) is 4.79 Å². The summed E-state index contributed by atoms with van der Waals surface area (Å²) in [6, 6.07) is 17.4. The lowest BCUT2D eigenvalue weighted by molar-refractivity contribution is 0.102. The normalized spacial score (nSPS) is 13.6. The molecule has 160 valence electrons. The van der Waals surface area contributed by atoms with E-state index in [2.05, 4.69) is 49.4 Å². The number of carbonyl (C=O) groups excluding carboxylic acids is 1. The van der Waals surface area contributed by atoms with Gasteiger partial charge in [-0.15, -0.1) is 0 Å². The number of hydrogen-bond donors (Lipinski definition) is 1. The molecule has 1 fully saturated rings. The predicted molar refractivity (Wildman–Crippen MR) is 120 cm³/mol. The van der Waals surface area contributed by atoms with Crippen LogP contribution in [-0.4, -0.2) is 56.3 Å². The van der Waals surface area contributed by atoms with Gasteiger partial charge in [0.15, 0.2) is 0 Å². The fourth-order valence-corrected chi connectivity index (χ4v) is 3.67. The van der Waals surface area contributed by atoms with Crippen molar-refractivity contribution in [2.75, 3.05) is 55.5 Å². The van der Waals surface area contributed by atoms with E-state index in [1.165, 1.54) is 26.2 Å². The number of methoxy groups -OCH3 is 2. The molecule has 0 bridgehead atoms. The Hall–Kier alpha value is -3.81.